The summed E-state index contributed by atoms with van der Waals surface area (Å²) < 4.78 is 14.0. The molecule has 7 heteroatoms. The predicted octanol–water partition coefficient (Wildman–Crippen LogP) is 2.66. The van der Waals surface area contributed by atoms with Crippen LogP contribution in [0.5, 0.6) is 0 Å². The first-order chi connectivity index (χ1) is 11.6. The number of aliphatic imine (C=N–C) groups is 1. The minimum atomic E-state index is -0.282. The van der Waals surface area contributed by atoms with Gasteiger partial charge in [-0.3, -0.25) is 4.79 Å². The lowest BCUT2D eigenvalue weighted by Crippen LogP contribution is -2.39. The Hall–Kier alpha value is -1.63. The highest BCUT2D eigenvalue weighted by Crippen LogP contribution is 2.16. The zero-order chi connectivity index (χ0) is 17.4. The number of guanidine groups is 1. The molecule has 2 N–H and O–H groups in total. The molecule has 1 fully saturated rings. The minimum absolute atomic E-state index is 0.257. The van der Waals surface area contributed by atoms with Crippen LogP contribution in [-0.4, -0.2) is 42.9 Å². The van der Waals surface area contributed by atoms with Crippen molar-refractivity contribution in [3.05, 3.63) is 34.1 Å². The summed E-state index contributed by atoms with van der Waals surface area (Å²) in [7, 11) is 0. The van der Waals surface area contributed by atoms with Gasteiger partial charge in [-0.05, 0) is 53.4 Å². The number of nitrogens with one attached hydrogen (secondary N) is 2. The van der Waals surface area contributed by atoms with Crippen LogP contribution in [-0.2, 0) is 11.3 Å². The molecule has 0 aromatic heterocycles. The van der Waals surface area contributed by atoms with E-state index < -0.39 is 0 Å². The van der Waals surface area contributed by atoms with E-state index in [-0.39, 0.29) is 11.7 Å². The second-order valence-electron chi connectivity index (χ2n) is 5.71. The lowest BCUT2D eigenvalue weighted by Gasteiger charge is -2.16. The molecule has 1 amide bonds. The van der Waals surface area contributed by atoms with E-state index in [2.05, 4.69) is 31.6 Å². The van der Waals surface area contributed by atoms with E-state index in [1.54, 1.807) is 6.07 Å². The van der Waals surface area contributed by atoms with E-state index in [9.17, 15) is 9.18 Å². The zero-order valence-corrected chi connectivity index (χ0v) is 15.5. The van der Waals surface area contributed by atoms with Crippen molar-refractivity contribution < 1.29 is 9.18 Å². The Morgan fingerprint density at radius 3 is 2.92 bits per heavy atom. The van der Waals surface area contributed by atoms with Crippen LogP contribution >= 0.6 is 15.9 Å². The summed E-state index contributed by atoms with van der Waals surface area (Å²) in [6.45, 7) is 5.56. The minimum Gasteiger partial charge on any atom is -0.357 e. The largest absolute Gasteiger partial charge is 0.357 e. The van der Waals surface area contributed by atoms with Gasteiger partial charge < -0.3 is 15.5 Å². The number of amides is 1. The lowest BCUT2D eigenvalue weighted by atomic mass is 10.2. The third-order valence-electron chi connectivity index (χ3n) is 3.82. The molecule has 1 aliphatic rings. The van der Waals surface area contributed by atoms with Gasteiger partial charge in [0.1, 0.15) is 5.82 Å². The average molecular weight is 399 g/mol. The number of benzene rings is 1. The summed E-state index contributed by atoms with van der Waals surface area (Å²) in [6.07, 6.45) is 2.53. The van der Waals surface area contributed by atoms with Crippen LogP contribution in [0.2, 0.25) is 0 Å². The van der Waals surface area contributed by atoms with E-state index in [1.807, 2.05) is 17.9 Å². The first-order valence-electron chi connectivity index (χ1n) is 8.34. The SMILES string of the molecule is CCNC(=NCc1ccc(Br)c(F)c1)NCCCN1CCCC1=O. The number of hydrogen-bond acceptors (Lipinski definition) is 2. The standard InChI is InChI=1S/C17H24BrFN4O/c1-2-20-17(21-8-4-10-23-9-3-5-16(23)24)22-12-13-6-7-14(18)15(19)11-13/h6-7,11H,2-5,8-10,12H2,1H3,(H2,20,21,22). The highest BCUT2D eigenvalue weighted by Gasteiger charge is 2.18. The maximum atomic E-state index is 13.5. The molecule has 0 radical (unpaired) electrons. The molecule has 0 unspecified atom stereocenters. The van der Waals surface area contributed by atoms with Crippen molar-refractivity contribution in [3.63, 3.8) is 0 Å². The molecule has 0 atom stereocenters. The summed E-state index contributed by atoms with van der Waals surface area (Å²) in [6, 6.07) is 5.02. The van der Waals surface area contributed by atoms with Crippen molar-refractivity contribution in [2.75, 3.05) is 26.2 Å². The van der Waals surface area contributed by atoms with Crippen molar-refractivity contribution in [2.45, 2.75) is 32.7 Å². The number of carbonyl (C=O) groups is 1. The molecular formula is C17H24BrFN4O. The van der Waals surface area contributed by atoms with E-state index in [0.717, 1.165) is 44.6 Å². The van der Waals surface area contributed by atoms with Crippen molar-refractivity contribution >= 4 is 27.8 Å². The normalized spacial score (nSPS) is 15.0. The first-order valence-corrected chi connectivity index (χ1v) is 9.13. The van der Waals surface area contributed by atoms with Crippen molar-refractivity contribution in [2.24, 2.45) is 4.99 Å². The highest BCUT2D eigenvalue weighted by atomic mass is 79.9. The average Bonchev–Trinajstić information content (AvgIpc) is 2.97. The van der Waals surface area contributed by atoms with Crippen LogP contribution in [0, 0.1) is 5.82 Å². The molecular weight excluding hydrogens is 375 g/mol. The summed E-state index contributed by atoms with van der Waals surface area (Å²) in [5, 5.41) is 6.43. The molecule has 0 bridgehead atoms. The molecule has 0 saturated carbocycles. The summed E-state index contributed by atoms with van der Waals surface area (Å²) in [5.41, 5.74) is 0.815. The molecule has 2 rings (SSSR count). The Kier molecular flexibility index (Phi) is 7.49. The third kappa shape index (κ3) is 5.78. The zero-order valence-electron chi connectivity index (χ0n) is 13.9. The van der Waals surface area contributed by atoms with Crippen LogP contribution in [0.1, 0.15) is 31.7 Å². The molecule has 24 heavy (non-hydrogen) atoms. The fraction of sp³-hybridized carbons (Fsp3) is 0.529. The fourth-order valence-electron chi connectivity index (χ4n) is 2.57. The van der Waals surface area contributed by atoms with Crippen LogP contribution in [0.4, 0.5) is 4.39 Å². The molecule has 0 aliphatic carbocycles. The number of hydrogen-bond donors (Lipinski definition) is 2. The van der Waals surface area contributed by atoms with Crippen molar-refractivity contribution in [1.29, 1.82) is 0 Å². The van der Waals surface area contributed by atoms with Crippen LogP contribution < -0.4 is 10.6 Å². The number of rotatable bonds is 7. The second kappa shape index (κ2) is 9.61. The van der Waals surface area contributed by atoms with Gasteiger partial charge in [-0.15, -0.1) is 0 Å². The number of likely N-dealkylation sites (tertiary alicyclic amines) is 1. The van der Waals surface area contributed by atoms with Gasteiger partial charge in [-0.1, -0.05) is 6.07 Å². The summed E-state index contributed by atoms with van der Waals surface area (Å²) in [4.78, 5) is 17.9. The molecule has 1 aromatic rings. The Balaban J connectivity index is 1.79. The molecule has 132 valence electrons. The monoisotopic (exact) mass is 398 g/mol. The Labute approximate surface area is 150 Å². The van der Waals surface area contributed by atoms with E-state index >= 15 is 0 Å². The van der Waals surface area contributed by atoms with Gasteiger partial charge >= 0.3 is 0 Å². The van der Waals surface area contributed by atoms with Gasteiger partial charge in [0.05, 0.1) is 11.0 Å². The summed E-state index contributed by atoms with van der Waals surface area (Å²) in [5.74, 6) is 0.678. The summed E-state index contributed by atoms with van der Waals surface area (Å²) >= 11 is 3.14. The van der Waals surface area contributed by atoms with E-state index in [0.29, 0.717) is 23.4 Å². The topological polar surface area (TPSA) is 56.7 Å². The smallest absolute Gasteiger partial charge is 0.222 e. The molecule has 1 aromatic carbocycles. The molecule has 5 nitrogen and oxygen atoms in total. The van der Waals surface area contributed by atoms with Gasteiger partial charge in [0, 0.05) is 32.6 Å². The Morgan fingerprint density at radius 2 is 2.25 bits per heavy atom. The van der Waals surface area contributed by atoms with Gasteiger partial charge in [0.2, 0.25) is 5.91 Å². The number of halogens is 2. The Morgan fingerprint density at radius 1 is 1.42 bits per heavy atom. The highest BCUT2D eigenvalue weighted by molar-refractivity contribution is 9.10. The second-order valence-corrected chi connectivity index (χ2v) is 6.56. The first kappa shape index (κ1) is 18.7. The molecule has 1 aliphatic heterocycles. The van der Waals surface area contributed by atoms with Crippen molar-refractivity contribution in [3.8, 4) is 0 Å². The third-order valence-corrected chi connectivity index (χ3v) is 4.46. The maximum Gasteiger partial charge on any atom is 0.222 e. The quantitative estimate of drug-likeness (QED) is 0.421. The van der Waals surface area contributed by atoms with Gasteiger partial charge in [0.25, 0.3) is 0 Å². The number of nitrogens with zero attached hydrogens (tertiary/aromatic N) is 2. The molecule has 1 heterocycles. The predicted molar refractivity (Wildman–Crippen MR) is 97.3 cm³/mol. The van der Waals surface area contributed by atoms with Crippen molar-refractivity contribution in [1.82, 2.24) is 15.5 Å². The van der Waals surface area contributed by atoms with Gasteiger partial charge in [-0.2, -0.15) is 0 Å². The van der Waals surface area contributed by atoms with Gasteiger partial charge in [0.15, 0.2) is 5.96 Å². The van der Waals surface area contributed by atoms with Crippen LogP contribution in [0.3, 0.4) is 0 Å². The van der Waals surface area contributed by atoms with Crippen LogP contribution in [0.15, 0.2) is 27.7 Å². The Bertz CT molecular complexity index is 594. The molecule has 1 saturated heterocycles. The fourth-order valence-corrected chi connectivity index (χ4v) is 2.81. The van der Waals surface area contributed by atoms with E-state index in [1.165, 1.54) is 6.07 Å². The van der Waals surface area contributed by atoms with Crippen LogP contribution in [0.25, 0.3) is 0 Å². The van der Waals surface area contributed by atoms with E-state index in [4.69, 9.17) is 0 Å². The van der Waals surface area contributed by atoms with Gasteiger partial charge in [-0.25, -0.2) is 9.38 Å². The molecule has 0 spiro atoms. The maximum absolute atomic E-state index is 13.5. The number of carbonyl (C=O) groups excluding carboxylic acids is 1. The lowest BCUT2D eigenvalue weighted by molar-refractivity contribution is -0.127.